The highest BCUT2D eigenvalue weighted by atomic mass is 19.4. The van der Waals surface area contributed by atoms with Crippen molar-refractivity contribution in [2.75, 3.05) is 27.8 Å². The van der Waals surface area contributed by atoms with E-state index in [-0.39, 0.29) is 23.8 Å². The number of nitrogens with zero attached hydrogens (tertiary/aromatic N) is 2. The third kappa shape index (κ3) is 7.60. The number of carbonyl (C=O) groups excluding carboxylic acids is 3. The molecule has 1 fully saturated rings. The van der Waals surface area contributed by atoms with Crippen molar-refractivity contribution in [3.8, 4) is 5.75 Å². The molecular weight excluding hydrogens is 613 g/mol. The molecule has 2 aliphatic rings. The number of carbonyl (C=O) groups is 3. The normalized spacial score (nSPS) is 20.3. The third-order valence-electron chi connectivity index (χ3n) is 9.26. The Morgan fingerprint density at radius 2 is 1.81 bits per heavy atom. The Kier molecular flexibility index (Phi) is 10.4. The number of hydrogen-bond donors (Lipinski definition) is 0. The molecule has 2 aromatic carbocycles. The number of allylic oxidation sites excluding steroid dienone is 1. The van der Waals surface area contributed by atoms with Gasteiger partial charge in [0.25, 0.3) is 5.91 Å². The van der Waals surface area contributed by atoms with E-state index in [1.165, 1.54) is 12.0 Å². The second-order valence-electron chi connectivity index (χ2n) is 13.8. The van der Waals surface area contributed by atoms with Gasteiger partial charge in [0.05, 0.1) is 25.8 Å². The largest absolute Gasteiger partial charge is 0.496 e. The van der Waals surface area contributed by atoms with Crippen LogP contribution in [0.15, 0.2) is 42.0 Å². The molecule has 1 saturated heterocycles. The maximum Gasteiger partial charge on any atom is 0.416 e. The van der Waals surface area contributed by atoms with Crippen LogP contribution >= 0.6 is 0 Å². The molecule has 0 aromatic heterocycles. The van der Waals surface area contributed by atoms with Crippen molar-refractivity contribution in [2.45, 2.75) is 85.2 Å². The highest BCUT2D eigenvalue weighted by Crippen LogP contribution is 2.46. The molecule has 0 saturated carbocycles. The first-order valence-corrected chi connectivity index (χ1v) is 15.8. The summed E-state index contributed by atoms with van der Waals surface area (Å²) < 4.78 is 57.2. The number of likely N-dealkylation sites (N-methyl/N-ethyl adjacent to an activating group) is 1. The Hall–Kier alpha value is -4.02. The maximum absolute atomic E-state index is 13.7. The molecule has 2 amide bonds. The molecule has 3 atom stereocenters. The van der Waals surface area contributed by atoms with Gasteiger partial charge in [-0.05, 0) is 91.5 Å². The molecule has 0 bridgehead atoms. The van der Waals surface area contributed by atoms with Crippen molar-refractivity contribution in [3.63, 3.8) is 0 Å². The highest BCUT2D eigenvalue weighted by Gasteiger charge is 2.43. The summed E-state index contributed by atoms with van der Waals surface area (Å²) in [4.78, 5) is 42.5. The molecule has 1 aliphatic heterocycles. The van der Waals surface area contributed by atoms with E-state index in [2.05, 4.69) is 13.8 Å². The van der Waals surface area contributed by atoms with Crippen LogP contribution in [0, 0.1) is 18.3 Å². The Morgan fingerprint density at radius 1 is 1.13 bits per heavy atom. The number of halogens is 3. The van der Waals surface area contributed by atoms with E-state index in [9.17, 15) is 27.6 Å². The first-order valence-electron chi connectivity index (χ1n) is 15.8. The summed E-state index contributed by atoms with van der Waals surface area (Å²) in [5.74, 6) is -0.490. The van der Waals surface area contributed by atoms with Crippen LogP contribution in [-0.4, -0.2) is 67.7 Å². The van der Waals surface area contributed by atoms with Crippen LogP contribution in [0.2, 0.25) is 0 Å². The number of aryl methyl sites for hydroxylation is 1. The van der Waals surface area contributed by atoms with Crippen molar-refractivity contribution in [1.29, 1.82) is 0 Å². The van der Waals surface area contributed by atoms with E-state index in [1.807, 2.05) is 13.8 Å². The monoisotopic (exact) mass is 658 g/mol. The van der Waals surface area contributed by atoms with Crippen LogP contribution in [0.25, 0.3) is 5.57 Å². The Labute approximate surface area is 274 Å². The van der Waals surface area contributed by atoms with Gasteiger partial charge in [0, 0.05) is 24.7 Å². The fraction of sp³-hybridized carbons (Fsp3) is 0.528. The number of esters is 1. The van der Waals surface area contributed by atoms with Gasteiger partial charge < -0.3 is 19.1 Å². The zero-order valence-corrected chi connectivity index (χ0v) is 28.6. The lowest BCUT2D eigenvalue weighted by molar-refractivity contribution is -0.147. The number of rotatable bonds is 9. The molecule has 11 heteroatoms. The molecule has 47 heavy (non-hydrogen) atoms. The fourth-order valence-corrected chi connectivity index (χ4v) is 6.80. The van der Waals surface area contributed by atoms with E-state index in [1.54, 1.807) is 57.2 Å². The fourth-order valence-electron chi connectivity index (χ4n) is 6.80. The van der Waals surface area contributed by atoms with Crippen LogP contribution in [0.1, 0.15) is 92.6 Å². The smallest absolute Gasteiger partial charge is 0.416 e. The predicted octanol–water partition coefficient (Wildman–Crippen LogP) is 7.84. The molecule has 0 spiro atoms. The molecule has 0 radical (unpaired) electrons. The first-order chi connectivity index (χ1) is 21.9. The number of hydrogen-bond acceptors (Lipinski definition) is 6. The van der Waals surface area contributed by atoms with Crippen molar-refractivity contribution in [3.05, 3.63) is 69.8 Å². The number of alkyl halides is 3. The lowest BCUT2D eigenvalue weighted by atomic mass is 9.72. The summed E-state index contributed by atoms with van der Waals surface area (Å²) in [5, 5.41) is 0. The minimum Gasteiger partial charge on any atom is -0.496 e. The third-order valence-corrected chi connectivity index (χ3v) is 9.26. The molecule has 1 aliphatic carbocycles. The summed E-state index contributed by atoms with van der Waals surface area (Å²) in [6.45, 7) is 11.5. The Morgan fingerprint density at radius 3 is 2.40 bits per heavy atom. The van der Waals surface area contributed by atoms with Crippen molar-refractivity contribution in [2.24, 2.45) is 11.3 Å². The molecule has 2 aromatic rings. The molecule has 0 unspecified atom stereocenters. The van der Waals surface area contributed by atoms with Crippen molar-refractivity contribution in [1.82, 2.24) is 9.80 Å². The molecule has 1 heterocycles. The van der Waals surface area contributed by atoms with Gasteiger partial charge in [-0.3, -0.25) is 9.69 Å². The topological polar surface area (TPSA) is 85.4 Å². The number of cyclic esters (lactones) is 1. The van der Waals surface area contributed by atoms with Gasteiger partial charge in [-0.1, -0.05) is 39.3 Å². The quantitative estimate of drug-likeness (QED) is 0.255. The molecule has 8 nitrogen and oxygen atoms in total. The van der Waals surface area contributed by atoms with Gasteiger partial charge in [-0.2, -0.15) is 13.2 Å². The lowest BCUT2D eigenvalue weighted by Crippen LogP contribution is -2.46. The Balaban J connectivity index is 1.73. The summed E-state index contributed by atoms with van der Waals surface area (Å²) in [7, 11) is 4.41. The number of benzene rings is 2. The predicted molar refractivity (Wildman–Crippen MR) is 172 cm³/mol. The second-order valence-corrected chi connectivity index (χ2v) is 13.8. The van der Waals surface area contributed by atoms with Crippen LogP contribution < -0.4 is 4.74 Å². The van der Waals surface area contributed by atoms with Gasteiger partial charge in [0.15, 0.2) is 0 Å². The Bertz CT molecular complexity index is 1560. The van der Waals surface area contributed by atoms with E-state index in [4.69, 9.17) is 14.2 Å². The average molecular weight is 659 g/mol. The van der Waals surface area contributed by atoms with Gasteiger partial charge in [0.1, 0.15) is 17.9 Å². The van der Waals surface area contributed by atoms with Gasteiger partial charge >= 0.3 is 18.2 Å². The zero-order chi connectivity index (χ0) is 35.0. The molecular formula is C36H45F3N2O6. The van der Waals surface area contributed by atoms with Crippen LogP contribution in [0.5, 0.6) is 5.75 Å². The second kappa shape index (κ2) is 13.6. The lowest BCUT2D eigenvalue weighted by Gasteiger charge is -2.36. The van der Waals surface area contributed by atoms with Crippen molar-refractivity contribution < 1.29 is 41.8 Å². The molecule has 256 valence electrons. The van der Waals surface area contributed by atoms with Crippen LogP contribution in [0.4, 0.5) is 18.0 Å². The van der Waals surface area contributed by atoms with Gasteiger partial charge in [0.2, 0.25) is 0 Å². The van der Waals surface area contributed by atoms with E-state index in [0.717, 1.165) is 29.7 Å². The number of ether oxygens (including phenoxy) is 3. The maximum atomic E-state index is 13.7. The summed E-state index contributed by atoms with van der Waals surface area (Å²) >= 11 is 0. The highest BCUT2D eigenvalue weighted by molar-refractivity contribution is 5.98. The SMILES string of the molecule is COC(=O)[C@@H](C(C)C)N(C)C(=O)c1ccc(OC)c(C2=C(CN3C(=O)O[C@H](c4cc(C)cc(C(F)(F)F)c4)[C@@H]3C)CC(C)(C)CC2)c1. The first kappa shape index (κ1) is 35.8. The average Bonchev–Trinajstić information content (AvgIpc) is 3.27. The molecule has 4 rings (SSSR count). The standard InChI is InChI=1S/C36H45F3N2O6/c1-20(2)30(33(43)46-9)40(7)32(42)23-10-11-29(45-8)28(17-23)27-12-13-35(5,6)18-25(27)19-41-22(4)31(47-34(41)44)24-14-21(3)15-26(16-24)36(37,38)39/h10-11,14-17,20,22,30-31H,12-13,18-19H2,1-9H3/t22-,30+,31-/m0/s1. The zero-order valence-electron chi connectivity index (χ0n) is 28.6. The number of amides is 2. The number of methoxy groups -OCH3 is 2. The van der Waals surface area contributed by atoms with E-state index < -0.39 is 42.0 Å². The summed E-state index contributed by atoms with van der Waals surface area (Å²) in [5.41, 5.74) is 2.81. The van der Waals surface area contributed by atoms with Gasteiger partial charge in [-0.25, -0.2) is 9.59 Å². The molecule has 0 N–H and O–H groups in total. The summed E-state index contributed by atoms with van der Waals surface area (Å²) in [6.07, 6.45) is -3.87. The van der Waals surface area contributed by atoms with Crippen LogP contribution in [0.3, 0.4) is 0 Å². The van der Waals surface area contributed by atoms with E-state index >= 15 is 0 Å². The minimum atomic E-state index is -4.53. The van der Waals surface area contributed by atoms with E-state index in [0.29, 0.717) is 40.8 Å². The minimum absolute atomic E-state index is 0.0882. The van der Waals surface area contributed by atoms with Crippen LogP contribution in [-0.2, 0) is 20.4 Å². The van der Waals surface area contributed by atoms with Crippen molar-refractivity contribution >= 4 is 23.5 Å². The van der Waals surface area contributed by atoms with Gasteiger partial charge in [-0.15, -0.1) is 0 Å². The summed E-state index contributed by atoms with van der Waals surface area (Å²) in [6, 6.07) is 7.57.